The Balaban J connectivity index is 2.48. The SMILES string of the molecule is [C-]#[N+]c1ccc2c(c1)OC[C@H](N)C(=O)N2C. The van der Waals surface area contributed by atoms with Crippen molar-refractivity contribution < 1.29 is 9.53 Å². The summed E-state index contributed by atoms with van der Waals surface area (Å²) in [4.78, 5) is 16.5. The molecule has 0 fully saturated rings. The van der Waals surface area contributed by atoms with E-state index in [2.05, 4.69) is 4.85 Å². The van der Waals surface area contributed by atoms with Gasteiger partial charge in [-0.3, -0.25) is 4.79 Å². The lowest BCUT2D eigenvalue weighted by molar-refractivity contribution is -0.119. The van der Waals surface area contributed by atoms with E-state index in [4.69, 9.17) is 17.0 Å². The third-order valence-electron chi connectivity index (χ3n) is 2.50. The lowest BCUT2D eigenvalue weighted by atomic mass is 10.2. The van der Waals surface area contributed by atoms with E-state index in [1.54, 1.807) is 25.2 Å². The van der Waals surface area contributed by atoms with Crippen molar-refractivity contribution in [3.8, 4) is 5.75 Å². The third kappa shape index (κ3) is 1.59. The Hall–Kier alpha value is -2.06. The molecular formula is C11H11N3O2. The number of rotatable bonds is 0. The molecule has 0 aromatic heterocycles. The Morgan fingerprint density at radius 1 is 1.62 bits per heavy atom. The van der Waals surface area contributed by atoms with E-state index in [0.29, 0.717) is 17.1 Å². The Kier molecular flexibility index (Phi) is 2.50. The van der Waals surface area contributed by atoms with Gasteiger partial charge in [0.2, 0.25) is 5.91 Å². The summed E-state index contributed by atoms with van der Waals surface area (Å²) in [6.07, 6.45) is 0. The maximum absolute atomic E-state index is 11.7. The van der Waals surface area contributed by atoms with Crippen LogP contribution in [0.15, 0.2) is 18.2 Å². The first-order valence-corrected chi connectivity index (χ1v) is 4.81. The number of amides is 1. The maximum Gasteiger partial charge on any atom is 0.247 e. The largest absolute Gasteiger partial charge is 0.491 e. The molecule has 1 aromatic carbocycles. The van der Waals surface area contributed by atoms with Crippen LogP contribution >= 0.6 is 0 Å². The summed E-state index contributed by atoms with van der Waals surface area (Å²) in [7, 11) is 1.65. The van der Waals surface area contributed by atoms with Gasteiger partial charge in [-0.05, 0) is 12.1 Å². The molecule has 0 unspecified atom stereocenters. The van der Waals surface area contributed by atoms with Gasteiger partial charge in [0.15, 0.2) is 5.69 Å². The number of benzene rings is 1. The van der Waals surface area contributed by atoms with Crippen LogP contribution in [0.1, 0.15) is 0 Å². The molecule has 0 bridgehead atoms. The number of carbonyl (C=O) groups excluding carboxylic acids is 1. The molecule has 5 heteroatoms. The number of hydrogen-bond acceptors (Lipinski definition) is 3. The zero-order chi connectivity index (χ0) is 11.7. The second-order valence-corrected chi connectivity index (χ2v) is 3.58. The van der Waals surface area contributed by atoms with Crippen molar-refractivity contribution in [1.82, 2.24) is 0 Å². The number of ether oxygens (including phenoxy) is 1. The van der Waals surface area contributed by atoms with Crippen LogP contribution < -0.4 is 15.4 Å². The number of nitrogens with zero attached hydrogens (tertiary/aromatic N) is 2. The first kappa shape index (κ1) is 10.5. The quantitative estimate of drug-likeness (QED) is 0.657. The van der Waals surface area contributed by atoms with Gasteiger partial charge in [-0.1, -0.05) is 6.07 Å². The fourth-order valence-corrected chi connectivity index (χ4v) is 1.58. The summed E-state index contributed by atoms with van der Waals surface area (Å²) >= 11 is 0. The molecular weight excluding hydrogens is 206 g/mol. The van der Waals surface area contributed by atoms with Crippen LogP contribution in [0.4, 0.5) is 11.4 Å². The van der Waals surface area contributed by atoms with E-state index in [1.807, 2.05) is 0 Å². The summed E-state index contributed by atoms with van der Waals surface area (Å²) in [5.41, 5.74) is 6.77. The minimum atomic E-state index is -0.659. The number of carbonyl (C=O) groups is 1. The molecule has 0 saturated carbocycles. The normalized spacial score (nSPS) is 19.4. The molecule has 0 spiro atoms. The van der Waals surface area contributed by atoms with Gasteiger partial charge in [0.1, 0.15) is 18.4 Å². The van der Waals surface area contributed by atoms with Crippen LogP contribution in [-0.4, -0.2) is 25.6 Å². The lowest BCUT2D eigenvalue weighted by Gasteiger charge is -2.17. The maximum atomic E-state index is 11.7. The van der Waals surface area contributed by atoms with Crippen molar-refractivity contribution in [2.24, 2.45) is 5.73 Å². The smallest absolute Gasteiger partial charge is 0.247 e. The third-order valence-corrected chi connectivity index (χ3v) is 2.50. The highest BCUT2D eigenvalue weighted by Gasteiger charge is 2.26. The molecule has 1 atom stereocenters. The number of nitrogens with two attached hydrogens (primary N) is 1. The van der Waals surface area contributed by atoms with Crippen LogP contribution in [0.5, 0.6) is 5.75 Å². The summed E-state index contributed by atoms with van der Waals surface area (Å²) < 4.78 is 5.41. The predicted molar refractivity (Wildman–Crippen MR) is 59.6 cm³/mol. The van der Waals surface area contributed by atoms with Crippen molar-refractivity contribution >= 4 is 17.3 Å². The molecule has 1 heterocycles. The molecule has 5 nitrogen and oxygen atoms in total. The molecule has 1 aliphatic heterocycles. The number of likely N-dealkylation sites (N-methyl/N-ethyl adjacent to an activating group) is 1. The zero-order valence-corrected chi connectivity index (χ0v) is 8.80. The van der Waals surface area contributed by atoms with Crippen molar-refractivity contribution in [1.29, 1.82) is 0 Å². The van der Waals surface area contributed by atoms with E-state index in [1.165, 1.54) is 4.90 Å². The van der Waals surface area contributed by atoms with Gasteiger partial charge in [0.25, 0.3) is 0 Å². The fraction of sp³-hybridized carbons (Fsp3) is 0.273. The molecule has 0 saturated heterocycles. The standard InChI is InChI=1S/C11H11N3O2/c1-13-7-3-4-9-10(5-7)16-6-8(12)11(15)14(9)2/h3-5,8H,6,12H2,2H3/t8-/m0/s1. The second-order valence-electron chi connectivity index (χ2n) is 3.58. The highest BCUT2D eigenvalue weighted by molar-refractivity contribution is 5.98. The molecule has 1 amide bonds. The van der Waals surface area contributed by atoms with E-state index >= 15 is 0 Å². The van der Waals surface area contributed by atoms with Crippen LogP contribution in [0.3, 0.4) is 0 Å². The van der Waals surface area contributed by atoms with Crippen molar-refractivity contribution in [2.45, 2.75) is 6.04 Å². The van der Waals surface area contributed by atoms with Gasteiger partial charge in [-0.2, -0.15) is 0 Å². The summed E-state index contributed by atoms with van der Waals surface area (Å²) in [5, 5.41) is 0. The highest BCUT2D eigenvalue weighted by Crippen LogP contribution is 2.33. The van der Waals surface area contributed by atoms with Crippen LogP contribution in [0, 0.1) is 6.57 Å². The molecule has 2 rings (SSSR count). The molecule has 16 heavy (non-hydrogen) atoms. The Morgan fingerprint density at radius 3 is 3.06 bits per heavy atom. The van der Waals surface area contributed by atoms with E-state index in [-0.39, 0.29) is 12.5 Å². The van der Waals surface area contributed by atoms with Crippen molar-refractivity contribution in [2.75, 3.05) is 18.6 Å². The predicted octanol–water partition coefficient (Wildman–Crippen LogP) is 0.920. The molecule has 82 valence electrons. The molecule has 1 aliphatic rings. The van der Waals surface area contributed by atoms with Gasteiger partial charge in [-0.25, -0.2) is 4.85 Å². The molecule has 2 N–H and O–H groups in total. The summed E-state index contributed by atoms with van der Waals surface area (Å²) in [6.45, 7) is 7.05. The molecule has 0 aliphatic carbocycles. The topological polar surface area (TPSA) is 59.9 Å². The number of hydrogen-bond donors (Lipinski definition) is 1. The van der Waals surface area contributed by atoms with Crippen LogP contribution in [-0.2, 0) is 4.79 Å². The first-order chi connectivity index (χ1) is 7.63. The van der Waals surface area contributed by atoms with E-state index in [9.17, 15) is 4.79 Å². The number of anilines is 1. The Morgan fingerprint density at radius 2 is 2.38 bits per heavy atom. The first-order valence-electron chi connectivity index (χ1n) is 4.81. The van der Waals surface area contributed by atoms with Crippen LogP contribution in [0.2, 0.25) is 0 Å². The van der Waals surface area contributed by atoms with Gasteiger partial charge >= 0.3 is 0 Å². The van der Waals surface area contributed by atoms with E-state index in [0.717, 1.165) is 0 Å². The van der Waals surface area contributed by atoms with Gasteiger partial charge in [0, 0.05) is 7.05 Å². The summed E-state index contributed by atoms with van der Waals surface area (Å²) in [5.74, 6) is 0.339. The minimum Gasteiger partial charge on any atom is -0.491 e. The Bertz CT molecular complexity index is 479. The molecule has 1 aromatic rings. The van der Waals surface area contributed by atoms with Gasteiger partial charge in [-0.15, -0.1) is 0 Å². The summed E-state index contributed by atoms with van der Waals surface area (Å²) in [6, 6.07) is 4.30. The Labute approximate surface area is 93.2 Å². The highest BCUT2D eigenvalue weighted by atomic mass is 16.5. The molecule has 0 radical (unpaired) electrons. The van der Waals surface area contributed by atoms with E-state index < -0.39 is 6.04 Å². The lowest BCUT2D eigenvalue weighted by Crippen LogP contribution is -2.43. The number of fused-ring (bicyclic) bond motifs is 1. The van der Waals surface area contributed by atoms with Crippen LogP contribution in [0.25, 0.3) is 4.85 Å². The van der Waals surface area contributed by atoms with Gasteiger partial charge < -0.3 is 15.4 Å². The van der Waals surface area contributed by atoms with Crippen molar-refractivity contribution in [3.05, 3.63) is 29.6 Å². The van der Waals surface area contributed by atoms with Crippen molar-refractivity contribution in [3.63, 3.8) is 0 Å². The van der Waals surface area contributed by atoms with Gasteiger partial charge in [0.05, 0.1) is 12.3 Å². The minimum absolute atomic E-state index is 0.137. The zero-order valence-electron chi connectivity index (χ0n) is 8.80. The monoisotopic (exact) mass is 217 g/mol. The average Bonchev–Trinajstić information content (AvgIpc) is 2.42. The fourth-order valence-electron chi connectivity index (χ4n) is 1.58. The average molecular weight is 217 g/mol. The second kappa shape index (κ2) is 3.83.